The highest BCUT2D eigenvalue weighted by Crippen LogP contribution is 2.28. The van der Waals surface area contributed by atoms with Gasteiger partial charge in [0.25, 0.3) is 0 Å². The van der Waals surface area contributed by atoms with E-state index in [4.69, 9.17) is 10.5 Å². The highest BCUT2D eigenvalue weighted by molar-refractivity contribution is 5.53. The number of rotatable bonds is 3. The summed E-state index contributed by atoms with van der Waals surface area (Å²) in [6.45, 7) is 2.39. The van der Waals surface area contributed by atoms with Crippen molar-refractivity contribution in [1.29, 1.82) is 0 Å². The van der Waals surface area contributed by atoms with Crippen LogP contribution >= 0.6 is 0 Å². The van der Waals surface area contributed by atoms with Crippen molar-refractivity contribution < 1.29 is 4.74 Å². The molecule has 0 atom stereocenters. The average molecular weight is 192 g/mol. The van der Waals surface area contributed by atoms with Crippen LogP contribution in [0.4, 0.5) is 5.69 Å². The van der Waals surface area contributed by atoms with Gasteiger partial charge in [-0.15, -0.1) is 0 Å². The van der Waals surface area contributed by atoms with Crippen molar-refractivity contribution in [3.05, 3.63) is 23.8 Å². The van der Waals surface area contributed by atoms with E-state index in [0.29, 0.717) is 6.54 Å². The van der Waals surface area contributed by atoms with E-state index < -0.39 is 0 Å². The van der Waals surface area contributed by atoms with Gasteiger partial charge in [-0.3, -0.25) is 0 Å². The first-order chi connectivity index (χ1) is 6.81. The standard InChI is InChI=1S/C11H16N2O/c1-13(6-5-12)10-2-3-11-9(8-10)4-7-14-11/h2-3,8H,4-7,12H2,1H3. The monoisotopic (exact) mass is 192 g/mol. The number of nitrogens with zero attached hydrogens (tertiary/aromatic N) is 1. The Kier molecular flexibility index (Phi) is 2.59. The van der Waals surface area contributed by atoms with Gasteiger partial charge in [-0.25, -0.2) is 0 Å². The van der Waals surface area contributed by atoms with E-state index in [-0.39, 0.29) is 0 Å². The molecule has 1 aromatic carbocycles. The molecular formula is C11H16N2O. The molecule has 3 nitrogen and oxygen atoms in total. The Labute approximate surface area is 84.5 Å². The van der Waals surface area contributed by atoms with Crippen LogP contribution in [0.25, 0.3) is 0 Å². The molecule has 1 aliphatic rings. The topological polar surface area (TPSA) is 38.5 Å². The molecule has 0 saturated carbocycles. The number of ether oxygens (including phenoxy) is 1. The van der Waals surface area contributed by atoms with E-state index in [2.05, 4.69) is 24.1 Å². The van der Waals surface area contributed by atoms with Crippen molar-refractivity contribution >= 4 is 5.69 Å². The van der Waals surface area contributed by atoms with E-state index in [1.807, 2.05) is 6.07 Å². The van der Waals surface area contributed by atoms with E-state index in [1.54, 1.807) is 0 Å². The zero-order valence-corrected chi connectivity index (χ0v) is 8.49. The van der Waals surface area contributed by atoms with Gasteiger partial charge in [-0.05, 0) is 23.8 Å². The predicted octanol–water partition coefficient (Wildman–Crippen LogP) is 1.02. The summed E-state index contributed by atoms with van der Waals surface area (Å²) in [5, 5.41) is 0. The maximum Gasteiger partial charge on any atom is 0.122 e. The molecule has 0 spiro atoms. The van der Waals surface area contributed by atoms with Crippen molar-refractivity contribution in [2.45, 2.75) is 6.42 Å². The second kappa shape index (κ2) is 3.88. The van der Waals surface area contributed by atoms with Gasteiger partial charge in [0.2, 0.25) is 0 Å². The molecule has 0 bridgehead atoms. The highest BCUT2D eigenvalue weighted by atomic mass is 16.5. The highest BCUT2D eigenvalue weighted by Gasteiger charge is 2.12. The summed E-state index contributed by atoms with van der Waals surface area (Å²) in [7, 11) is 2.06. The molecule has 0 aromatic heterocycles. The number of fused-ring (bicyclic) bond motifs is 1. The maximum atomic E-state index is 5.51. The molecule has 0 amide bonds. The summed E-state index contributed by atoms with van der Waals surface area (Å²) in [4.78, 5) is 2.17. The van der Waals surface area contributed by atoms with Crippen molar-refractivity contribution in [3.8, 4) is 5.75 Å². The van der Waals surface area contributed by atoms with Crippen molar-refractivity contribution in [2.75, 3.05) is 31.6 Å². The summed E-state index contributed by atoms with van der Waals surface area (Å²) in [5.41, 5.74) is 8.05. The quantitative estimate of drug-likeness (QED) is 0.777. The minimum Gasteiger partial charge on any atom is -0.493 e. The van der Waals surface area contributed by atoms with E-state index >= 15 is 0 Å². The number of hydrogen-bond donors (Lipinski definition) is 1. The average Bonchev–Trinajstić information content (AvgIpc) is 2.64. The Morgan fingerprint density at radius 1 is 1.50 bits per heavy atom. The van der Waals surface area contributed by atoms with Crippen LogP contribution in [0.2, 0.25) is 0 Å². The largest absolute Gasteiger partial charge is 0.493 e. The first-order valence-electron chi connectivity index (χ1n) is 4.98. The number of nitrogens with two attached hydrogens (primary N) is 1. The Hall–Kier alpha value is -1.22. The molecule has 0 aliphatic carbocycles. The number of hydrogen-bond acceptors (Lipinski definition) is 3. The fraction of sp³-hybridized carbons (Fsp3) is 0.455. The third-order valence-corrected chi connectivity index (χ3v) is 2.58. The minimum absolute atomic E-state index is 0.685. The zero-order valence-electron chi connectivity index (χ0n) is 8.49. The molecule has 0 saturated heterocycles. The number of benzene rings is 1. The van der Waals surface area contributed by atoms with E-state index in [1.165, 1.54) is 11.3 Å². The van der Waals surface area contributed by atoms with Crippen molar-refractivity contribution in [2.24, 2.45) is 5.73 Å². The molecule has 0 fully saturated rings. The molecule has 2 rings (SSSR count). The van der Waals surface area contributed by atoms with Crippen LogP contribution in [-0.2, 0) is 6.42 Å². The first kappa shape index (κ1) is 9.34. The second-order valence-electron chi connectivity index (χ2n) is 3.60. The van der Waals surface area contributed by atoms with Crippen LogP contribution in [0.5, 0.6) is 5.75 Å². The van der Waals surface area contributed by atoms with Crippen LogP contribution in [0.3, 0.4) is 0 Å². The van der Waals surface area contributed by atoms with Gasteiger partial charge in [0.05, 0.1) is 6.61 Å². The lowest BCUT2D eigenvalue weighted by Gasteiger charge is -2.18. The van der Waals surface area contributed by atoms with E-state index in [9.17, 15) is 0 Å². The lowest BCUT2D eigenvalue weighted by atomic mass is 10.1. The molecule has 1 aliphatic heterocycles. The Morgan fingerprint density at radius 2 is 2.36 bits per heavy atom. The van der Waals surface area contributed by atoms with Crippen LogP contribution in [0.15, 0.2) is 18.2 Å². The molecule has 76 valence electrons. The van der Waals surface area contributed by atoms with Crippen LogP contribution in [0, 0.1) is 0 Å². The predicted molar refractivity (Wildman–Crippen MR) is 58.0 cm³/mol. The normalized spacial score (nSPS) is 13.6. The number of likely N-dealkylation sites (N-methyl/N-ethyl adjacent to an activating group) is 1. The fourth-order valence-electron chi connectivity index (χ4n) is 1.73. The lowest BCUT2D eigenvalue weighted by Crippen LogP contribution is -2.24. The Morgan fingerprint density at radius 3 is 3.14 bits per heavy atom. The van der Waals surface area contributed by atoms with Gasteiger partial charge >= 0.3 is 0 Å². The van der Waals surface area contributed by atoms with Crippen LogP contribution in [0.1, 0.15) is 5.56 Å². The zero-order chi connectivity index (χ0) is 9.97. The molecule has 2 N–H and O–H groups in total. The summed E-state index contributed by atoms with van der Waals surface area (Å²) in [6, 6.07) is 6.32. The van der Waals surface area contributed by atoms with Gasteiger partial charge in [0.1, 0.15) is 5.75 Å². The van der Waals surface area contributed by atoms with Crippen LogP contribution in [-0.4, -0.2) is 26.7 Å². The molecule has 14 heavy (non-hydrogen) atoms. The first-order valence-corrected chi connectivity index (χ1v) is 4.98. The maximum absolute atomic E-state index is 5.51. The molecule has 3 heteroatoms. The Bertz CT molecular complexity index is 325. The molecule has 1 aromatic rings. The van der Waals surface area contributed by atoms with Gasteiger partial charge in [0, 0.05) is 32.2 Å². The van der Waals surface area contributed by atoms with Crippen molar-refractivity contribution in [3.63, 3.8) is 0 Å². The molecule has 1 heterocycles. The van der Waals surface area contributed by atoms with E-state index in [0.717, 1.165) is 25.3 Å². The summed E-state index contributed by atoms with van der Waals surface area (Å²) < 4.78 is 5.45. The van der Waals surface area contributed by atoms with Gasteiger partial charge < -0.3 is 15.4 Å². The molecular weight excluding hydrogens is 176 g/mol. The smallest absolute Gasteiger partial charge is 0.122 e. The van der Waals surface area contributed by atoms with Gasteiger partial charge in [-0.1, -0.05) is 0 Å². The number of anilines is 1. The third kappa shape index (κ3) is 1.68. The summed E-state index contributed by atoms with van der Waals surface area (Å²) in [5.74, 6) is 1.04. The summed E-state index contributed by atoms with van der Waals surface area (Å²) in [6.07, 6.45) is 1.03. The summed E-state index contributed by atoms with van der Waals surface area (Å²) >= 11 is 0. The fourth-order valence-corrected chi connectivity index (χ4v) is 1.73. The van der Waals surface area contributed by atoms with Gasteiger partial charge in [0.15, 0.2) is 0 Å². The van der Waals surface area contributed by atoms with Crippen molar-refractivity contribution in [1.82, 2.24) is 0 Å². The van der Waals surface area contributed by atoms with Crippen LogP contribution < -0.4 is 15.4 Å². The minimum atomic E-state index is 0.685. The van der Waals surface area contributed by atoms with Gasteiger partial charge in [-0.2, -0.15) is 0 Å². The third-order valence-electron chi connectivity index (χ3n) is 2.58. The molecule has 0 unspecified atom stereocenters. The lowest BCUT2D eigenvalue weighted by molar-refractivity contribution is 0.357. The SMILES string of the molecule is CN(CCN)c1ccc2c(c1)CCO2. The molecule has 0 radical (unpaired) electrons. The Balaban J connectivity index is 2.19. The second-order valence-corrected chi connectivity index (χ2v) is 3.60.